The number of nitrogens with zero attached hydrogens (tertiary/aromatic N) is 1. The third kappa shape index (κ3) is 3.74. The van der Waals surface area contributed by atoms with Crippen molar-refractivity contribution < 1.29 is 35.9 Å². The Labute approximate surface area is 156 Å². The predicted octanol–water partition coefficient (Wildman–Crippen LogP) is 5.24. The van der Waals surface area contributed by atoms with Crippen LogP contribution in [0.2, 0.25) is 0 Å². The van der Waals surface area contributed by atoms with Crippen molar-refractivity contribution in [1.29, 1.82) is 0 Å². The standard InChI is InChI=1S/C19H17F6NO2/c1-28-17(27)16-15(19(23,24)25)13-7-2-3-8-14(13)26(16)10-11-5-4-6-12(9-11)18(20,21)22/h4-6,9H,2-3,7-8,10H2,1H3. The van der Waals surface area contributed by atoms with Crippen molar-refractivity contribution in [2.75, 3.05) is 7.11 Å². The lowest BCUT2D eigenvalue weighted by atomic mass is 9.94. The quantitative estimate of drug-likeness (QED) is 0.517. The minimum absolute atomic E-state index is 0.0334. The Morgan fingerprint density at radius 1 is 1.07 bits per heavy atom. The van der Waals surface area contributed by atoms with Gasteiger partial charge in [0.15, 0.2) is 0 Å². The average Bonchev–Trinajstić information content (AvgIpc) is 2.95. The van der Waals surface area contributed by atoms with Crippen molar-refractivity contribution in [2.45, 2.75) is 44.6 Å². The van der Waals surface area contributed by atoms with Gasteiger partial charge in [0.25, 0.3) is 0 Å². The maximum Gasteiger partial charge on any atom is 0.419 e. The number of carbonyl (C=O) groups excluding carboxylic acids is 1. The summed E-state index contributed by atoms with van der Waals surface area (Å²) >= 11 is 0. The second-order valence-electron chi connectivity index (χ2n) is 6.63. The van der Waals surface area contributed by atoms with Crippen LogP contribution < -0.4 is 0 Å². The monoisotopic (exact) mass is 405 g/mol. The molecular weight excluding hydrogens is 388 g/mol. The molecule has 0 spiro atoms. The number of aromatic nitrogens is 1. The highest BCUT2D eigenvalue weighted by atomic mass is 19.4. The van der Waals surface area contributed by atoms with E-state index >= 15 is 0 Å². The number of esters is 1. The molecule has 0 saturated heterocycles. The Balaban J connectivity index is 2.18. The molecule has 3 rings (SSSR count). The molecule has 0 amide bonds. The Morgan fingerprint density at radius 2 is 1.75 bits per heavy atom. The Bertz CT molecular complexity index is 895. The van der Waals surface area contributed by atoms with Gasteiger partial charge in [0.05, 0.1) is 18.2 Å². The second kappa shape index (κ2) is 7.18. The maximum atomic E-state index is 13.7. The SMILES string of the molecule is COC(=O)c1c(C(F)(F)F)c2c(n1Cc1cccc(C(F)(F)F)c1)CCCC2. The zero-order valence-corrected chi connectivity index (χ0v) is 14.9. The molecule has 0 unspecified atom stereocenters. The number of benzene rings is 1. The van der Waals surface area contributed by atoms with E-state index in [4.69, 9.17) is 0 Å². The third-order valence-corrected chi connectivity index (χ3v) is 4.83. The van der Waals surface area contributed by atoms with Crippen molar-refractivity contribution in [3.05, 3.63) is 57.9 Å². The topological polar surface area (TPSA) is 31.2 Å². The maximum absolute atomic E-state index is 13.7. The van der Waals surface area contributed by atoms with E-state index in [2.05, 4.69) is 4.74 Å². The van der Waals surface area contributed by atoms with E-state index in [1.54, 1.807) is 0 Å². The summed E-state index contributed by atoms with van der Waals surface area (Å²) < 4.78 is 85.9. The third-order valence-electron chi connectivity index (χ3n) is 4.83. The Hall–Kier alpha value is -2.45. The largest absolute Gasteiger partial charge is 0.464 e. The summed E-state index contributed by atoms with van der Waals surface area (Å²) in [7, 11) is 0.975. The lowest BCUT2D eigenvalue weighted by Gasteiger charge is -2.17. The molecule has 0 radical (unpaired) electrons. The van der Waals surface area contributed by atoms with Crippen LogP contribution in [0.1, 0.15) is 51.3 Å². The van der Waals surface area contributed by atoms with Gasteiger partial charge in [-0.2, -0.15) is 26.3 Å². The average molecular weight is 405 g/mol. The molecule has 9 heteroatoms. The molecule has 152 valence electrons. The summed E-state index contributed by atoms with van der Waals surface area (Å²) in [5.74, 6) is -1.16. The Kier molecular flexibility index (Phi) is 5.20. The molecule has 28 heavy (non-hydrogen) atoms. The normalized spacial score (nSPS) is 14.7. The van der Waals surface area contributed by atoms with Crippen LogP contribution in [0.25, 0.3) is 0 Å². The molecule has 1 aliphatic rings. The lowest BCUT2D eigenvalue weighted by Crippen LogP contribution is -2.18. The summed E-state index contributed by atoms with van der Waals surface area (Å²) in [6.45, 7) is -0.285. The van der Waals surface area contributed by atoms with Crippen LogP contribution in [0.15, 0.2) is 24.3 Å². The van der Waals surface area contributed by atoms with Crippen molar-refractivity contribution in [3.8, 4) is 0 Å². The van der Waals surface area contributed by atoms with Gasteiger partial charge in [-0.05, 0) is 48.9 Å². The van der Waals surface area contributed by atoms with Crippen LogP contribution in [0, 0.1) is 0 Å². The van der Waals surface area contributed by atoms with Crippen LogP contribution >= 0.6 is 0 Å². The first-order chi connectivity index (χ1) is 13.0. The van der Waals surface area contributed by atoms with E-state index in [1.807, 2.05) is 0 Å². The molecule has 0 saturated carbocycles. The van der Waals surface area contributed by atoms with Crippen LogP contribution in [-0.2, 0) is 36.5 Å². The molecule has 0 aliphatic heterocycles. The van der Waals surface area contributed by atoms with Crippen molar-refractivity contribution in [3.63, 3.8) is 0 Å². The highest BCUT2D eigenvalue weighted by molar-refractivity contribution is 5.90. The fourth-order valence-electron chi connectivity index (χ4n) is 3.69. The molecule has 1 heterocycles. The van der Waals surface area contributed by atoms with Crippen LogP contribution in [0.5, 0.6) is 0 Å². The molecule has 1 aromatic carbocycles. The van der Waals surface area contributed by atoms with Gasteiger partial charge in [0, 0.05) is 12.2 Å². The molecule has 2 aromatic rings. The van der Waals surface area contributed by atoms with Gasteiger partial charge in [0.1, 0.15) is 5.69 Å². The fraction of sp³-hybridized carbons (Fsp3) is 0.421. The van der Waals surface area contributed by atoms with Gasteiger partial charge in [-0.15, -0.1) is 0 Å². The van der Waals surface area contributed by atoms with E-state index < -0.39 is 35.1 Å². The zero-order chi connectivity index (χ0) is 20.7. The van der Waals surface area contributed by atoms with Crippen molar-refractivity contribution in [2.24, 2.45) is 0 Å². The van der Waals surface area contributed by atoms with Crippen LogP contribution in [0.3, 0.4) is 0 Å². The molecule has 1 aliphatic carbocycles. The molecule has 1 aromatic heterocycles. The molecule has 0 N–H and O–H groups in total. The first-order valence-electron chi connectivity index (χ1n) is 8.60. The van der Waals surface area contributed by atoms with E-state index in [0.717, 1.165) is 19.2 Å². The number of alkyl halides is 6. The van der Waals surface area contributed by atoms with E-state index in [-0.39, 0.29) is 24.1 Å². The van der Waals surface area contributed by atoms with Crippen molar-refractivity contribution >= 4 is 5.97 Å². The highest BCUT2D eigenvalue weighted by Gasteiger charge is 2.43. The molecule has 0 atom stereocenters. The number of methoxy groups -OCH3 is 1. The number of carbonyl (C=O) groups is 1. The lowest BCUT2D eigenvalue weighted by molar-refractivity contribution is -0.139. The number of fused-ring (bicyclic) bond motifs is 1. The smallest absolute Gasteiger partial charge is 0.419 e. The fourth-order valence-corrected chi connectivity index (χ4v) is 3.69. The zero-order valence-electron chi connectivity index (χ0n) is 14.9. The summed E-state index contributed by atoms with van der Waals surface area (Å²) in [5, 5.41) is 0. The van der Waals surface area contributed by atoms with Gasteiger partial charge in [-0.1, -0.05) is 12.1 Å². The first-order valence-corrected chi connectivity index (χ1v) is 8.60. The number of hydrogen-bond acceptors (Lipinski definition) is 2. The summed E-state index contributed by atoms with van der Waals surface area (Å²) in [5.41, 5.74) is -2.08. The predicted molar refractivity (Wildman–Crippen MR) is 88.0 cm³/mol. The molecule has 0 fully saturated rings. The highest BCUT2D eigenvalue weighted by Crippen LogP contribution is 2.41. The van der Waals surface area contributed by atoms with Gasteiger partial charge < -0.3 is 9.30 Å². The van der Waals surface area contributed by atoms with Gasteiger partial charge in [0.2, 0.25) is 0 Å². The van der Waals surface area contributed by atoms with Gasteiger partial charge in [-0.3, -0.25) is 0 Å². The van der Waals surface area contributed by atoms with Gasteiger partial charge >= 0.3 is 18.3 Å². The second-order valence-corrected chi connectivity index (χ2v) is 6.63. The van der Waals surface area contributed by atoms with Gasteiger partial charge in [-0.25, -0.2) is 4.79 Å². The van der Waals surface area contributed by atoms with E-state index in [9.17, 15) is 31.1 Å². The molecular formula is C19H17F6NO2. The minimum Gasteiger partial charge on any atom is -0.464 e. The minimum atomic E-state index is -4.77. The van der Waals surface area contributed by atoms with Crippen LogP contribution in [-0.4, -0.2) is 17.6 Å². The first kappa shape index (κ1) is 20.3. The number of rotatable bonds is 3. The summed E-state index contributed by atoms with van der Waals surface area (Å²) in [4.78, 5) is 12.2. The Morgan fingerprint density at radius 3 is 2.36 bits per heavy atom. The van der Waals surface area contributed by atoms with Crippen LogP contribution in [0.4, 0.5) is 26.3 Å². The molecule has 3 nitrogen and oxygen atoms in total. The number of hydrogen-bond donors (Lipinski definition) is 0. The number of ether oxygens (including phenoxy) is 1. The summed E-state index contributed by atoms with van der Waals surface area (Å²) in [6, 6.07) is 4.34. The van der Waals surface area contributed by atoms with Crippen molar-refractivity contribution in [1.82, 2.24) is 4.57 Å². The summed E-state index contributed by atoms with van der Waals surface area (Å²) in [6.07, 6.45) is -7.70. The van der Waals surface area contributed by atoms with E-state index in [1.165, 1.54) is 16.7 Å². The van der Waals surface area contributed by atoms with E-state index in [0.29, 0.717) is 25.0 Å². The molecule has 0 bridgehead atoms. The number of halogens is 6.